The Morgan fingerprint density at radius 2 is 2.00 bits per heavy atom. The lowest BCUT2D eigenvalue weighted by Crippen LogP contribution is -2.46. The number of nitrogens with zero attached hydrogens (tertiary/aromatic N) is 1. The predicted molar refractivity (Wildman–Crippen MR) is 120 cm³/mol. The molecule has 0 bridgehead atoms. The normalized spacial score (nSPS) is 15.4. The number of unbranched alkanes of at least 4 members (excludes halogenated alkanes) is 1. The summed E-state index contributed by atoms with van der Waals surface area (Å²) in [5.74, 6) is 0.284. The molecule has 1 aromatic carbocycles. The Morgan fingerprint density at radius 3 is 2.66 bits per heavy atom. The Labute approximate surface area is 192 Å². The van der Waals surface area contributed by atoms with Gasteiger partial charge in [0.15, 0.2) is 0 Å². The van der Waals surface area contributed by atoms with Crippen molar-refractivity contribution in [3.05, 3.63) is 59.4 Å². The van der Waals surface area contributed by atoms with Gasteiger partial charge in [0, 0.05) is 22.7 Å². The van der Waals surface area contributed by atoms with Crippen LogP contribution in [0.15, 0.2) is 41.4 Å². The molecule has 174 valence electrons. The Balaban J connectivity index is 1.35. The summed E-state index contributed by atoms with van der Waals surface area (Å²) in [7, 11) is -2.56. The molecule has 1 aliphatic rings. The number of hydrogen-bond acceptors (Lipinski definition) is 6. The van der Waals surface area contributed by atoms with Crippen LogP contribution in [0.1, 0.15) is 36.9 Å². The SMILES string of the molecule is O=[P+](O)OCCCNCc1cc(F)c(SCCCCC2(c3ccc(F)cc3)COC2)cn1. The lowest BCUT2D eigenvalue weighted by molar-refractivity contribution is -0.0652. The molecule has 2 aromatic rings. The number of benzene rings is 1. The molecular weight excluding hydrogens is 457 g/mol. The number of nitrogens with one attached hydrogen (secondary N) is 1. The van der Waals surface area contributed by atoms with Crippen LogP contribution in [0.4, 0.5) is 8.78 Å². The van der Waals surface area contributed by atoms with E-state index < -0.39 is 8.25 Å². The molecule has 32 heavy (non-hydrogen) atoms. The highest BCUT2D eigenvalue weighted by Gasteiger charge is 2.39. The van der Waals surface area contributed by atoms with Gasteiger partial charge in [0.05, 0.1) is 23.8 Å². The minimum Gasteiger partial charge on any atom is -0.379 e. The first-order valence-electron chi connectivity index (χ1n) is 10.6. The summed E-state index contributed by atoms with van der Waals surface area (Å²) < 4.78 is 48.0. The van der Waals surface area contributed by atoms with Crippen LogP contribution in [-0.2, 0) is 25.8 Å². The van der Waals surface area contributed by atoms with E-state index >= 15 is 0 Å². The van der Waals surface area contributed by atoms with E-state index in [9.17, 15) is 13.3 Å². The van der Waals surface area contributed by atoms with Crippen molar-refractivity contribution in [2.45, 2.75) is 42.5 Å². The molecule has 2 N–H and O–H groups in total. The van der Waals surface area contributed by atoms with Crippen LogP contribution in [0, 0.1) is 11.6 Å². The zero-order chi connectivity index (χ0) is 22.8. The zero-order valence-corrected chi connectivity index (χ0v) is 19.5. The Kier molecular flexibility index (Phi) is 9.96. The van der Waals surface area contributed by atoms with Gasteiger partial charge in [-0.1, -0.05) is 18.6 Å². The Hall–Kier alpha value is -1.48. The van der Waals surface area contributed by atoms with Gasteiger partial charge < -0.3 is 10.1 Å². The van der Waals surface area contributed by atoms with Crippen LogP contribution in [-0.4, -0.2) is 42.0 Å². The molecule has 2 heterocycles. The van der Waals surface area contributed by atoms with Crippen molar-refractivity contribution in [2.24, 2.45) is 0 Å². The monoisotopic (exact) mass is 485 g/mol. The van der Waals surface area contributed by atoms with Crippen LogP contribution < -0.4 is 5.32 Å². The van der Waals surface area contributed by atoms with E-state index in [0.717, 1.165) is 30.6 Å². The summed E-state index contributed by atoms with van der Waals surface area (Å²) in [6.45, 7) is 2.50. The number of rotatable bonds is 14. The van der Waals surface area contributed by atoms with Crippen molar-refractivity contribution < 1.29 is 27.5 Å². The lowest BCUT2D eigenvalue weighted by Gasteiger charge is -2.42. The number of hydrogen-bond donors (Lipinski definition) is 2. The number of pyridine rings is 1. The highest BCUT2D eigenvalue weighted by molar-refractivity contribution is 7.99. The second-order valence-electron chi connectivity index (χ2n) is 7.79. The molecule has 6 nitrogen and oxygen atoms in total. The quantitative estimate of drug-likeness (QED) is 0.227. The van der Waals surface area contributed by atoms with Crippen molar-refractivity contribution in [3.8, 4) is 0 Å². The van der Waals surface area contributed by atoms with E-state index in [-0.39, 0.29) is 23.7 Å². The zero-order valence-electron chi connectivity index (χ0n) is 17.8. The third kappa shape index (κ3) is 7.54. The van der Waals surface area contributed by atoms with E-state index in [0.29, 0.717) is 43.3 Å². The molecule has 0 aliphatic carbocycles. The van der Waals surface area contributed by atoms with Crippen LogP contribution in [0.5, 0.6) is 0 Å². The van der Waals surface area contributed by atoms with Gasteiger partial charge in [-0.15, -0.1) is 21.2 Å². The van der Waals surface area contributed by atoms with Crippen LogP contribution in [0.2, 0.25) is 0 Å². The van der Waals surface area contributed by atoms with Gasteiger partial charge in [-0.05, 0) is 55.3 Å². The van der Waals surface area contributed by atoms with E-state index in [1.54, 1.807) is 6.20 Å². The summed E-state index contributed by atoms with van der Waals surface area (Å²) in [6, 6.07) is 8.11. The maximum absolute atomic E-state index is 14.4. The van der Waals surface area contributed by atoms with Crippen molar-refractivity contribution >= 4 is 20.0 Å². The predicted octanol–water partition coefficient (Wildman–Crippen LogP) is 4.74. The second-order valence-corrected chi connectivity index (χ2v) is 9.66. The lowest BCUT2D eigenvalue weighted by atomic mass is 9.75. The van der Waals surface area contributed by atoms with Crippen molar-refractivity contribution in [3.63, 3.8) is 0 Å². The average molecular weight is 486 g/mol. The van der Waals surface area contributed by atoms with Gasteiger partial charge in [0.2, 0.25) is 0 Å². The fourth-order valence-corrected chi connectivity index (χ4v) is 4.75. The highest BCUT2D eigenvalue weighted by atomic mass is 32.2. The third-order valence-electron chi connectivity index (χ3n) is 5.40. The first kappa shape index (κ1) is 25.1. The fraction of sp³-hybridized carbons (Fsp3) is 0.500. The molecule has 0 radical (unpaired) electrons. The van der Waals surface area contributed by atoms with Crippen molar-refractivity contribution in [1.82, 2.24) is 10.3 Å². The number of halogens is 2. The Morgan fingerprint density at radius 1 is 1.22 bits per heavy atom. The minimum atomic E-state index is -2.56. The van der Waals surface area contributed by atoms with Crippen molar-refractivity contribution in [1.29, 1.82) is 0 Å². The van der Waals surface area contributed by atoms with Gasteiger partial charge in [-0.3, -0.25) is 4.98 Å². The summed E-state index contributed by atoms with van der Waals surface area (Å²) in [6.07, 6.45) is 5.03. The molecule has 1 aliphatic heterocycles. The van der Waals surface area contributed by atoms with Gasteiger partial charge >= 0.3 is 8.25 Å². The topological polar surface area (TPSA) is 80.7 Å². The van der Waals surface area contributed by atoms with Crippen LogP contribution >= 0.6 is 20.0 Å². The van der Waals surface area contributed by atoms with E-state index in [4.69, 9.17) is 9.63 Å². The van der Waals surface area contributed by atoms with Gasteiger partial charge in [0.25, 0.3) is 0 Å². The molecule has 0 amide bonds. The standard InChI is InChI=1S/C22H27F2N2O4PS/c23-18-6-4-17(5-7-18)22(15-29-16-22)8-1-2-11-32-21-14-26-19(12-20(21)24)13-25-9-3-10-30-31(27)28/h4-7,12,14,25H,1-3,8-11,13,15-16H2/p+1. The molecule has 1 unspecified atom stereocenters. The fourth-order valence-electron chi connectivity index (χ4n) is 3.57. The van der Waals surface area contributed by atoms with Gasteiger partial charge in [-0.25, -0.2) is 8.78 Å². The van der Waals surface area contributed by atoms with Crippen LogP contribution in [0.25, 0.3) is 0 Å². The number of ether oxygens (including phenoxy) is 1. The summed E-state index contributed by atoms with van der Waals surface area (Å²) in [5.41, 5.74) is 1.70. The summed E-state index contributed by atoms with van der Waals surface area (Å²) >= 11 is 1.46. The first-order valence-corrected chi connectivity index (χ1v) is 12.7. The van der Waals surface area contributed by atoms with E-state index in [1.165, 1.54) is 30.0 Å². The number of thioether (sulfide) groups is 1. The second kappa shape index (κ2) is 12.7. The maximum Gasteiger partial charge on any atom is 0.694 e. The molecule has 3 rings (SSSR count). The van der Waals surface area contributed by atoms with Crippen molar-refractivity contribution in [2.75, 3.05) is 32.1 Å². The molecule has 0 spiro atoms. The summed E-state index contributed by atoms with van der Waals surface area (Å²) in [5, 5.41) is 3.10. The highest BCUT2D eigenvalue weighted by Crippen LogP contribution is 2.37. The summed E-state index contributed by atoms with van der Waals surface area (Å²) in [4.78, 5) is 13.4. The Bertz CT molecular complexity index is 885. The molecule has 1 atom stereocenters. The average Bonchev–Trinajstić information content (AvgIpc) is 2.74. The van der Waals surface area contributed by atoms with E-state index in [1.807, 2.05) is 12.1 Å². The molecule has 1 aromatic heterocycles. The molecule has 1 saturated heterocycles. The maximum atomic E-state index is 14.4. The molecule has 0 saturated carbocycles. The molecule has 10 heteroatoms. The smallest absolute Gasteiger partial charge is 0.379 e. The largest absolute Gasteiger partial charge is 0.694 e. The van der Waals surface area contributed by atoms with Gasteiger partial charge in [0.1, 0.15) is 18.2 Å². The van der Waals surface area contributed by atoms with E-state index in [2.05, 4.69) is 14.8 Å². The first-order chi connectivity index (χ1) is 15.5. The minimum absolute atomic E-state index is 0.0262. The van der Waals surface area contributed by atoms with Gasteiger partial charge in [-0.2, -0.15) is 0 Å². The van der Waals surface area contributed by atoms with Crippen LogP contribution in [0.3, 0.4) is 0 Å². The number of aromatic nitrogens is 1. The third-order valence-corrected chi connectivity index (χ3v) is 6.91. The molecule has 1 fully saturated rings. The molecular formula is C22H28F2N2O4PS+.